The Kier molecular flexibility index (Phi) is 7.69. The average molecular weight is 176 g/mol. The van der Waals surface area contributed by atoms with E-state index >= 15 is 0 Å². The molecule has 0 amide bonds. The number of hydrogen-bond donors (Lipinski definition) is 2. The Hall–Kier alpha value is -0.120. The maximum atomic E-state index is 2.41. The van der Waals surface area contributed by atoms with Gasteiger partial charge in [-0.15, -0.1) is 0 Å². The molecule has 0 saturated carbocycles. The number of rotatable bonds is 3. The van der Waals surface area contributed by atoms with Crippen molar-refractivity contribution in [2.24, 2.45) is 0 Å². The fourth-order valence-electron chi connectivity index (χ4n) is 1.86. The van der Waals surface area contributed by atoms with E-state index in [0.29, 0.717) is 0 Å². The van der Waals surface area contributed by atoms with Crippen LogP contribution in [0.5, 0.6) is 0 Å². The summed E-state index contributed by atoms with van der Waals surface area (Å²) in [5.74, 6) is 0. The average Bonchev–Trinajstić information content (AvgIpc) is 2.33. The Labute approximate surface area is 76.9 Å². The van der Waals surface area contributed by atoms with Gasteiger partial charge in [-0.2, -0.15) is 0 Å². The van der Waals surface area contributed by atoms with E-state index < -0.39 is 0 Å². The van der Waals surface area contributed by atoms with Crippen LogP contribution in [0.3, 0.4) is 0 Å². The molecule has 0 aliphatic carbocycles. The minimum absolute atomic E-state index is 0. The number of unbranched alkanes of at least 4 members (excludes halogenated alkanes) is 1. The second-order valence-corrected chi connectivity index (χ2v) is 3.85. The van der Waals surface area contributed by atoms with E-state index in [9.17, 15) is 0 Å². The minimum Gasteiger partial charge on any atom is -0.344 e. The largest absolute Gasteiger partial charge is 0.344 e. The molecule has 1 rings (SSSR count). The van der Waals surface area contributed by atoms with Crippen molar-refractivity contribution in [1.82, 2.24) is 12.3 Å². The summed E-state index contributed by atoms with van der Waals surface area (Å²) in [6.07, 6.45) is 5.69. The molecule has 0 bridgehead atoms. The quantitative estimate of drug-likeness (QED) is 0.648. The summed E-state index contributed by atoms with van der Waals surface area (Å²) < 4.78 is 1.36. The van der Waals surface area contributed by atoms with Crippen LogP contribution in [0.2, 0.25) is 0 Å². The van der Waals surface area contributed by atoms with Gasteiger partial charge in [0.05, 0.1) is 26.7 Å². The van der Waals surface area contributed by atoms with E-state index in [0.717, 1.165) is 0 Å². The van der Waals surface area contributed by atoms with Gasteiger partial charge in [0.2, 0.25) is 0 Å². The fraction of sp³-hybridized carbons (Fsp3) is 1.00. The van der Waals surface area contributed by atoms with Crippen LogP contribution in [0, 0.1) is 0 Å². The Morgan fingerprint density at radius 2 is 1.58 bits per heavy atom. The van der Waals surface area contributed by atoms with Gasteiger partial charge in [-0.05, 0) is 6.42 Å². The standard InChI is InChI=1S/C9H20N.2H3N/c1-3-4-7-10(2)8-5-6-9-10;;/h3-9H2,1-2H3;2*1H3/q+1;;. The lowest BCUT2D eigenvalue weighted by atomic mass is 10.3. The minimum atomic E-state index is 0. The second-order valence-electron chi connectivity index (χ2n) is 3.85. The summed E-state index contributed by atoms with van der Waals surface area (Å²) in [4.78, 5) is 0. The third kappa shape index (κ3) is 4.04. The van der Waals surface area contributed by atoms with E-state index in [1.807, 2.05) is 0 Å². The highest BCUT2D eigenvalue weighted by Gasteiger charge is 2.25. The number of nitrogens with zero attached hydrogens (tertiary/aromatic N) is 1. The van der Waals surface area contributed by atoms with Crippen LogP contribution in [0.4, 0.5) is 0 Å². The lowest BCUT2D eigenvalue weighted by molar-refractivity contribution is -0.897. The molecule has 1 heterocycles. The maximum Gasteiger partial charge on any atom is 0.0786 e. The van der Waals surface area contributed by atoms with Crippen LogP contribution in [-0.4, -0.2) is 31.2 Å². The first-order chi connectivity index (χ1) is 4.77. The predicted octanol–water partition coefficient (Wildman–Crippen LogP) is 2.35. The molecule has 3 nitrogen and oxygen atoms in total. The molecule has 0 aromatic heterocycles. The maximum absolute atomic E-state index is 2.41. The van der Waals surface area contributed by atoms with E-state index in [2.05, 4.69) is 14.0 Å². The first-order valence-electron chi connectivity index (χ1n) is 4.60. The Bertz CT molecular complexity index is 97.9. The normalized spacial score (nSPS) is 19.5. The molecular formula is C9H26N3+. The summed E-state index contributed by atoms with van der Waals surface area (Å²) in [5.41, 5.74) is 0. The molecule has 0 aromatic carbocycles. The molecule has 0 unspecified atom stereocenters. The fourth-order valence-corrected chi connectivity index (χ4v) is 1.86. The highest BCUT2D eigenvalue weighted by Crippen LogP contribution is 2.16. The molecule has 3 heteroatoms. The predicted molar refractivity (Wildman–Crippen MR) is 55.0 cm³/mol. The van der Waals surface area contributed by atoms with E-state index in [1.165, 1.54) is 49.8 Å². The highest BCUT2D eigenvalue weighted by atomic mass is 15.3. The number of likely N-dealkylation sites (tertiary alicyclic amines) is 1. The molecule has 1 aliphatic rings. The van der Waals surface area contributed by atoms with Crippen LogP contribution < -0.4 is 12.3 Å². The van der Waals surface area contributed by atoms with Crippen molar-refractivity contribution in [2.45, 2.75) is 32.6 Å². The van der Waals surface area contributed by atoms with Crippen molar-refractivity contribution >= 4 is 0 Å². The first-order valence-corrected chi connectivity index (χ1v) is 4.60. The molecule has 1 aliphatic heterocycles. The summed E-state index contributed by atoms with van der Waals surface area (Å²) in [6, 6.07) is 0. The van der Waals surface area contributed by atoms with Gasteiger partial charge in [0.25, 0.3) is 0 Å². The first kappa shape index (κ1) is 14.4. The van der Waals surface area contributed by atoms with Gasteiger partial charge in [-0.3, -0.25) is 0 Å². The van der Waals surface area contributed by atoms with Crippen LogP contribution >= 0.6 is 0 Å². The molecule has 1 saturated heterocycles. The summed E-state index contributed by atoms with van der Waals surface area (Å²) in [7, 11) is 2.41. The number of quaternary nitrogens is 1. The van der Waals surface area contributed by atoms with Gasteiger partial charge < -0.3 is 16.8 Å². The summed E-state index contributed by atoms with van der Waals surface area (Å²) in [5, 5.41) is 0. The van der Waals surface area contributed by atoms with Gasteiger partial charge in [-0.1, -0.05) is 13.3 Å². The molecule has 1 fully saturated rings. The highest BCUT2D eigenvalue weighted by molar-refractivity contribution is 4.51. The molecule has 6 N–H and O–H groups in total. The lowest BCUT2D eigenvalue weighted by Crippen LogP contribution is -2.41. The van der Waals surface area contributed by atoms with E-state index in [1.54, 1.807) is 0 Å². The van der Waals surface area contributed by atoms with Crippen LogP contribution in [0.15, 0.2) is 0 Å². The second kappa shape index (κ2) is 6.40. The SMILES string of the molecule is CCCC[N+]1(C)CCCC1.N.N. The molecule has 0 radical (unpaired) electrons. The zero-order valence-corrected chi connectivity index (χ0v) is 8.81. The van der Waals surface area contributed by atoms with Gasteiger partial charge in [0.15, 0.2) is 0 Å². The molecule has 76 valence electrons. The topological polar surface area (TPSA) is 70.0 Å². The lowest BCUT2D eigenvalue weighted by Gasteiger charge is -2.28. The molecule has 0 atom stereocenters. The van der Waals surface area contributed by atoms with Crippen molar-refractivity contribution in [2.75, 3.05) is 26.7 Å². The van der Waals surface area contributed by atoms with Gasteiger partial charge >= 0.3 is 0 Å². The van der Waals surface area contributed by atoms with Gasteiger partial charge in [0.1, 0.15) is 0 Å². The zero-order valence-electron chi connectivity index (χ0n) is 8.81. The van der Waals surface area contributed by atoms with Gasteiger partial charge in [0, 0.05) is 12.8 Å². The Balaban J connectivity index is 0. The van der Waals surface area contributed by atoms with Crippen LogP contribution in [-0.2, 0) is 0 Å². The number of hydrogen-bond acceptors (Lipinski definition) is 2. The Morgan fingerprint density at radius 1 is 1.08 bits per heavy atom. The van der Waals surface area contributed by atoms with Crippen LogP contribution in [0.1, 0.15) is 32.6 Å². The van der Waals surface area contributed by atoms with Crippen molar-refractivity contribution < 1.29 is 4.48 Å². The molecule has 0 aromatic rings. The van der Waals surface area contributed by atoms with Crippen molar-refractivity contribution in [3.05, 3.63) is 0 Å². The van der Waals surface area contributed by atoms with Crippen molar-refractivity contribution in [3.8, 4) is 0 Å². The van der Waals surface area contributed by atoms with Crippen LogP contribution in [0.25, 0.3) is 0 Å². The van der Waals surface area contributed by atoms with Crippen molar-refractivity contribution in [1.29, 1.82) is 0 Å². The van der Waals surface area contributed by atoms with Crippen molar-refractivity contribution in [3.63, 3.8) is 0 Å². The Morgan fingerprint density at radius 3 is 2.00 bits per heavy atom. The van der Waals surface area contributed by atoms with E-state index in [4.69, 9.17) is 0 Å². The molecule has 0 spiro atoms. The van der Waals surface area contributed by atoms with Gasteiger partial charge in [-0.25, -0.2) is 0 Å². The summed E-state index contributed by atoms with van der Waals surface area (Å²) in [6.45, 7) is 6.55. The summed E-state index contributed by atoms with van der Waals surface area (Å²) >= 11 is 0. The van der Waals surface area contributed by atoms with E-state index in [-0.39, 0.29) is 12.3 Å². The molecular weight excluding hydrogens is 150 g/mol. The smallest absolute Gasteiger partial charge is 0.0786 e. The molecule has 12 heavy (non-hydrogen) atoms. The third-order valence-electron chi connectivity index (χ3n) is 2.70. The zero-order chi connectivity index (χ0) is 7.45. The third-order valence-corrected chi connectivity index (χ3v) is 2.70. The monoisotopic (exact) mass is 176 g/mol.